The summed E-state index contributed by atoms with van der Waals surface area (Å²) in [6.07, 6.45) is 8.75. The molecule has 0 N–H and O–H groups in total. The van der Waals surface area contributed by atoms with Gasteiger partial charge < -0.3 is 4.84 Å². The average Bonchev–Trinajstić information content (AvgIpc) is 3.53. The third-order valence-electron chi connectivity index (χ3n) is 3.53. The van der Waals surface area contributed by atoms with E-state index in [9.17, 15) is 0 Å². The topological polar surface area (TPSA) is 144 Å². The third-order valence-corrected chi connectivity index (χ3v) is 3.53. The number of aromatic nitrogens is 12. The van der Waals surface area contributed by atoms with Gasteiger partial charge in [0.2, 0.25) is 0 Å². The standard InChI is InChI=1S/4C4H7N3.C3H7NO.10CH4/c2*1-4-3-7(2)6-5-4;2*1-4-3-5-6-7(4)2;1-3-4-5-2;;;;;;;;;;/h4*3H,1-2H3;3H,1-2H3;10*1H4/b;;;;4-3+;;;;;;;;;;. The Hall–Kier alpha value is -3.97. The van der Waals surface area contributed by atoms with Crippen LogP contribution in [0.2, 0.25) is 0 Å². The first-order valence-electron chi connectivity index (χ1n) is 9.90. The normalized spacial score (nSPS) is 7.21. The van der Waals surface area contributed by atoms with Gasteiger partial charge in [-0.1, -0.05) is 95.1 Å². The van der Waals surface area contributed by atoms with Gasteiger partial charge in [-0.25, -0.2) is 0 Å². The van der Waals surface area contributed by atoms with Crippen molar-refractivity contribution < 1.29 is 4.84 Å². The molecule has 4 aromatic heterocycles. The lowest BCUT2D eigenvalue weighted by Gasteiger charge is -1.84. The van der Waals surface area contributed by atoms with Crippen molar-refractivity contribution in [3.63, 3.8) is 0 Å². The Labute approximate surface area is 267 Å². The minimum Gasteiger partial charge on any atom is -0.399 e. The van der Waals surface area contributed by atoms with E-state index >= 15 is 0 Å². The molecule has 0 amide bonds. The summed E-state index contributed by atoms with van der Waals surface area (Å²) in [7, 11) is 8.94. The van der Waals surface area contributed by atoms with Crippen LogP contribution in [0.3, 0.4) is 0 Å². The summed E-state index contributed by atoms with van der Waals surface area (Å²) >= 11 is 0. The maximum Gasteiger partial charge on any atom is 0.106 e. The van der Waals surface area contributed by atoms with Crippen LogP contribution in [0.15, 0.2) is 29.9 Å². The SMILES string of the molecule is C.C.C.C.C.C.C.C.C.C.C/C=N/OC.Cc1cn(C)nn1.Cc1cn(C)nn1.Cc1cnnn1C.Cc1cnnn1C. The Balaban J connectivity index is -0.0000000314. The summed E-state index contributed by atoms with van der Waals surface area (Å²) in [6.45, 7) is 9.53. The predicted molar refractivity (Wildman–Crippen MR) is 191 cm³/mol. The van der Waals surface area contributed by atoms with Crippen LogP contribution in [-0.4, -0.2) is 73.3 Å². The zero-order valence-electron chi connectivity index (χ0n) is 21.1. The van der Waals surface area contributed by atoms with E-state index in [-0.39, 0.29) is 74.3 Å². The molecule has 4 aromatic rings. The molecule has 262 valence electrons. The number of hydrogen-bond donors (Lipinski definition) is 0. The molecule has 0 radical (unpaired) electrons. The van der Waals surface area contributed by atoms with Gasteiger partial charge in [-0.3, -0.25) is 18.7 Å². The first-order valence-corrected chi connectivity index (χ1v) is 9.90. The van der Waals surface area contributed by atoms with Crippen molar-refractivity contribution in [2.24, 2.45) is 33.3 Å². The van der Waals surface area contributed by atoms with Gasteiger partial charge in [0.05, 0.1) is 35.2 Å². The van der Waals surface area contributed by atoms with E-state index in [4.69, 9.17) is 0 Å². The van der Waals surface area contributed by atoms with E-state index < -0.39 is 0 Å². The van der Waals surface area contributed by atoms with Crippen LogP contribution >= 0.6 is 0 Å². The van der Waals surface area contributed by atoms with Gasteiger partial charge in [-0.05, 0) is 34.6 Å². The van der Waals surface area contributed by atoms with Crippen molar-refractivity contribution in [1.29, 1.82) is 0 Å². The lowest BCUT2D eigenvalue weighted by Crippen LogP contribution is -1.91. The molecular weight excluding hydrogens is 546 g/mol. The Morgan fingerprint density at radius 3 is 0.930 bits per heavy atom. The predicted octanol–water partition coefficient (Wildman–Crippen LogP) is 7.49. The molecule has 0 unspecified atom stereocenters. The van der Waals surface area contributed by atoms with Crippen LogP contribution in [0.25, 0.3) is 0 Å². The summed E-state index contributed by atoms with van der Waals surface area (Å²) in [4.78, 5) is 4.26. The number of nitrogens with zero attached hydrogens (tertiary/aromatic N) is 13. The Morgan fingerprint density at radius 2 is 0.884 bits per heavy atom. The molecular formula is C29H75N13O. The van der Waals surface area contributed by atoms with Crippen molar-refractivity contribution in [1.82, 2.24) is 60.0 Å². The monoisotopic (exact) mass is 622 g/mol. The van der Waals surface area contributed by atoms with E-state index in [1.807, 2.05) is 68.3 Å². The first-order chi connectivity index (χ1) is 15.6. The molecule has 0 aliphatic carbocycles. The molecule has 4 rings (SSSR count). The summed E-state index contributed by atoms with van der Waals surface area (Å²) in [5.41, 5.74) is 4.09. The number of hydrogen-bond acceptors (Lipinski definition) is 10. The number of rotatable bonds is 1. The van der Waals surface area contributed by atoms with E-state index in [1.54, 1.807) is 44.3 Å². The molecule has 0 aliphatic heterocycles. The molecule has 14 nitrogen and oxygen atoms in total. The molecule has 0 atom stereocenters. The second-order valence-corrected chi connectivity index (χ2v) is 6.61. The summed E-state index contributed by atoms with van der Waals surface area (Å²) in [5.74, 6) is 0. The highest BCUT2D eigenvalue weighted by Crippen LogP contribution is 1.86. The Bertz CT molecular complexity index is 892. The number of aryl methyl sites for hydroxylation is 8. The smallest absolute Gasteiger partial charge is 0.106 e. The number of oxime groups is 1. The first kappa shape index (κ1) is 71.8. The van der Waals surface area contributed by atoms with Crippen molar-refractivity contribution in [2.45, 2.75) is 109 Å². The molecule has 0 aliphatic rings. The summed E-state index contributed by atoms with van der Waals surface area (Å²) in [5, 5.41) is 32.8. The van der Waals surface area contributed by atoms with Gasteiger partial charge >= 0.3 is 0 Å². The molecule has 0 saturated carbocycles. The van der Waals surface area contributed by atoms with Crippen molar-refractivity contribution in [3.8, 4) is 0 Å². The van der Waals surface area contributed by atoms with Gasteiger partial charge in [0, 0.05) is 46.8 Å². The van der Waals surface area contributed by atoms with Gasteiger partial charge in [0.25, 0.3) is 0 Å². The molecule has 0 aromatic carbocycles. The zero-order chi connectivity index (χ0) is 25.2. The average molecular weight is 622 g/mol. The quantitative estimate of drug-likeness (QED) is 0.156. The lowest BCUT2D eigenvalue weighted by atomic mass is 10.6. The second-order valence-electron chi connectivity index (χ2n) is 6.61. The minimum absolute atomic E-state index is 0. The Kier molecular flexibility index (Phi) is 71.0. The molecule has 0 saturated heterocycles. The fourth-order valence-corrected chi connectivity index (χ4v) is 1.71. The van der Waals surface area contributed by atoms with Crippen molar-refractivity contribution >= 4 is 6.21 Å². The summed E-state index contributed by atoms with van der Waals surface area (Å²) in [6, 6.07) is 0. The van der Waals surface area contributed by atoms with Gasteiger partial charge in [-0.2, -0.15) is 0 Å². The highest BCUT2D eigenvalue weighted by molar-refractivity contribution is 5.52. The fraction of sp³-hybridized carbons (Fsp3) is 0.690. The maximum atomic E-state index is 4.26. The highest BCUT2D eigenvalue weighted by atomic mass is 16.6. The van der Waals surface area contributed by atoms with Crippen LogP contribution in [0.5, 0.6) is 0 Å². The van der Waals surface area contributed by atoms with Crippen LogP contribution < -0.4 is 0 Å². The molecule has 43 heavy (non-hydrogen) atoms. The molecule has 0 spiro atoms. The van der Waals surface area contributed by atoms with E-state index in [2.05, 4.69) is 51.2 Å². The van der Waals surface area contributed by atoms with Crippen LogP contribution in [0.4, 0.5) is 0 Å². The molecule has 0 bridgehead atoms. The maximum absolute atomic E-state index is 4.26. The van der Waals surface area contributed by atoms with Gasteiger partial charge in [0.1, 0.15) is 7.11 Å². The van der Waals surface area contributed by atoms with E-state index in [0.29, 0.717) is 0 Å². The Morgan fingerprint density at radius 1 is 0.581 bits per heavy atom. The second kappa shape index (κ2) is 42.5. The molecule has 14 heteroatoms. The highest BCUT2D eigenvalue weighted by Gasteiger charge is 1.86. The lowest BCUT2D eigenvalue weighted by molar-refractivity contribution is 0.215. The van der Waals surface area contributed by atoms with Crippen molar-refractivity contribution in [3.05, 3.63) is 47.6 Å². The largest absolute Gasteiger partial charge is 0.399 e. The van der Waals surface area contributed by atoms with Gasteiger partial charge in [-0.15, -0.1) is 25.6 Å². The van der Waals surface area contributed by atoms with Gasteiger partial charge in [0.15, 0.2) is 0 Å². The van der Waals surface area contributed by atoms with Crippen molar-refractivity contribution in [2.75, 3.05) is 7.11 Å². The molecule has 0 fully saturated rings. The van der Waals surface area contributed by atoms with E-state index in [1.165, 1.54) is 7.11 Å². The minimum atomic E-state index is 0. The van der Waals surface area contributed by atoms with Crippen LogP contribution in [0.1, 0.15) is 104 Å². The molecule has 4 heterocycles. The third kappa shape index (κ3) is 38.0. The fourth-order valence-electron chi connectivity index (χ4n) is 1.71. The summed E-state index contributed by atoms with van der Waals surface area (Å²) < 4.78 is 6.80. The zero-order valence-corrected chi connectivity index (χ0v) is 21.1. The van der Waals surface area contributed by atoms with Crippen LogP contribution in [0, 0.1) is 27.7 Å². The van der Waals surface area contributed by atoms with E-state index in [0.717, 1.165) is 22.8 Å². The van der Waals surface area contributed by atoms with Crippen LogP contribution in [-0.2, 0) is 33.0 Å².